The van der Waals surface area contributed by atoms with Gasteiger partial charge in [0.05, 0.1) is 46.4 Å². The number of hydrogen-bond donors (Lipinski definition) is 1. The summed E-state index contributed by atoms with van der Waals surface area (Å²) in [7, 11) is 1.74. The van der Waals surface area contributed by atoms with Crippen molar-refractivity contribution in [2.24, 2.45) is 0 Å². The number of benzene rings is 2. The van der Waals surface area contributed by atoms with Crippen molar-refractivity contribution in [3.8, 4) is 5.75 Å². The topological polar surface area (TPSA) is 73.3 Å². The Morgan fingerprint density at radius 2 is 2.00 bits per heavy atom. The number of ether oxygens (including phenoxy) is 2. The summed E-state index contributed by atoms with van der Waals surface area (Å²) in [5, 5.41) is 3.85. The molecule has 2 aromatic carbocycles. The SMILES string of the molecule is COCCS(=O)c1cc2ncnc(Nc3ccc(Cl)cc3F)c2cc1OC.Cl. The number of fused-ring (bicyclic) bond motifs is 1. The molecule has 1 unspecified atom stereocenters. The lowest BCUT2D eigenvalue weighted by atomic mass is 10.2. The van der Waals surface area contributed by atoms with Crippen molar-refractivity contribution in [1.82, 2.24) is 9.97 Å². The summed E-state index contributed by atoms with van der Waals surface area (Å²) in [6.45, 7) is 0.361. The molecular formula is C18H18Cl2FN3O3S. The summed E-state index contributed by atoms with van der Waals surface area (Å²) < 4.78 is 37.0. The number of anilines is 2. The van der Waals surface area contributed by atoms with Crippen LogP contribution in [0.15, 0.2) is 41.6 Å². The van der Waals surface area contributed by atoms with E-state index < -0.39 is 16.6 Å². The highest BCUT2D eigenvalue weighted by Crippen LogP contribution is 2.32. The molecule has 0 aliphatic heterocycles. The van der Waals surface area contributed by atoms with Gasteiger partial charge < -0.3 is 14.8 Å². The second kappa shape index (κ2) is 9.97. The number of hydrogen-bond acceptors (Lipinski definition) is 6. The highest BCUT2D eigenvalue weighted by molar-refractivity contribution is 7.85. The molecule has 0 aliphatic rings. The minimum absolute atomic E-state index is 0. The lowest BCUT2D eigenvalue weighted by molar-refractivity contribution is 0.218. The number of nitrogens with one attached hydrogen (secondary N) is 1. The van der Waals surface area contributed by atoms with Crippen LogP contribution in [0.25, 0.3) is 10.9 Å². The van der Waals surface area contributed by atoms with Gasteiger partial charge in [0.1, 0.15) is 23.7 Å². The van der Waals surface area contributed by atoms with Crippen LogP contribution in [0.3, 0.4) is 0 Å². The molecule has 0 saturated carbocycles. The van der Waals surface area contributed by atoms with Gasteiger partial charge in [0, 0.05) is 17.5 Å². The molecule has 0 radical (unpaired) electrons. The molecule has 0 bridgehead atoms. The highest BCUT2D eigenvalue weighted by atomic mass is 35.5. The lowest BCUT2D eigenvalue weighted by Gasteiger charge is -2.13. The van der Waals surface area contributed by atoms with Crippen LogP contribution in [0, 0.1) is 5.82 Å². The average Bonchev–Trinajstić information content (AvgIpc) is 2.67. The Balaban J connectivity index is 0.00000280. The fourth-order valence-corrected chi connectivity index (χ4v) is 3.79. The molecule has 0 amide bonds. The Hall–Kier alpha value is -2.00. The van der Waals surface area contributed by atoms with E-state index in [1.807, 2.05) is 0 Å². The van der Waals surface area contributed by atoms with Crippen molar-refractivity contribution in [2.75, 3.05) is 31.9 Å². The quantitative estimate of drug-likeness (QED) is 0.582. The molecule has 0 saturated heterocycles. The molecular weight excluding hydrogens is 428 g/mol. The third-order valence-corrected chi connectivity index (χ3v) is 5.41. The van der Waals surface area contributed by atoms with Crippen LogP contribution in [0.2, 0.25) is 5.02 Å². The summed E-state index contributed by atoms with van der Waals surface area (Å²) in [5.74, 6) is 0.670. The summed E-state index contributed by atoms with van der Waals surface area (Å²) in [6.07, 6.45) is 1.35. The van der Waals surface area contributed by atoms with E-state index in [1.165, 1.54) is 25.6 Å². The molecule has 150 valence electrons. The zero-order valence-electron chi connectivity index (χ0n) is 15.1. The molecule has 1 heterocycles. The lowest BCUT2D eigenvalue weighted by Crippen LogP contribution is -2.06. The van der Waals surface area contributed by atoms with Crippen LogP contribution < -0.4 is 10.1 Å². The zero-order valence-corrected chi connectivity index (χ0v) is 17.5. The maximum atomic E-state index is 14.1. The maximum Gasteiger partial charge on any atom is 0.148 e. The minimum atomic E-state index is -1.31. The molecule has 6 nitrogen and oxygen atoms in total. The van der Waals surface area contributed by atoms with Gasteiger partial charge in [-0.2, -0.15) is 0 Å². The summed E-state index contributed by atoms with van der Waals surface area (Å²) in [6, 6.07) is 7.69. The molecule has 1 atom stereocenters. The highest BCUT2D eigenvalue weighted by Gasteiger charge is 2.16. The number of rotatable bonds is 7. The van der Waals surface area contributed by atoms with E-state index in [0.29, 0.717) is 44.7 Å². The molecule has 3 aromatic rings. The van der Waals surface area contributed by atoms with Crippen molar-refractivity contribution >= 4 is 57.2 Å². The van der Waals surface area contributed by atoms with Gasteiger partial charge >= 0.3 is 0 Å². The minimum Gasteiger partial charge on any atom is -0.495 e. The van der Waals surface area contributed by atoms with E-state index in [-0.39, 0.29) is 18.1 Å². The first-order chi connectivity index (χ1) is 13.0. The predicted molar refractivity (Wildman–Crippen MR) is 111 cm³/mol. The standard InChI is InChI=1S/C18H17ClFN3O3S.ClH/c1-25-5-6-27(24)17-9-15-12(8-16(17)26-2)18(22-10-21-15)23-14-4-3-11(19)7-13(14)20;/h3-4,7-10H,5-6H2,1-2H3,(H,21,22,23);1H. The number of halogens is 3. The van der Waals surface area contributed by atoms with E-state index in [0.717, 1.165) is 0 Å². The monoisotopic (exact) mass is 445 g/mol. The van der Waals surface area contributed by atoms with Crippen molar-refractivity contribution < 1.29 is 18.1 Å². The van der Waals surface area contributed by atoms with Crippen LogP contribution >= 0.6 is 24.0 Å². The van der Waals surface area contributed by atoms with Gasteiger partial charge in [-0.05, 0) is 30.3 Å². The van der Waals surface area contributed by atoms with E-state index in [4.69, 9.17) is 21.1 Å². The molecule has 10 heteroatoms. The Bertz CT molecular complexity index is 1010. The Morgan fingerprint density at radius 3 is 2.68 bits per heavy atom. The third-order valence-electron chi connectivity index (χ3n) is 3.82. The number of nitrogens with zero attached hydrogens (tertiary/aromatic N) is 2. The molecule has 28 heavy (non-hydrogen) atoms. The first-order valence-corrected chi connectivity index (χ1v) is 9.65. The Morgan fingerprint density at radius 1 is 1.21 bits per heavy atom. The molecule has 1 N–H and O–H groups in total. The van der Waals surface area contributed by atoms with Crippen LogP contribution in [0.1, 0.15) is 0 Å². The van der Waals surface area contributed by atoms with Crippen LogP contribution in [-0.2, 0) is 15.5 Å². The van der Waals surface area contributed by atoms with Crippen molar-refractivity contribution in [3.05, 3.63) is 47.5 Å². The molecule has 0 fully saturated rings. The van der Waals surface area contributed by atoms with Gasteiger partial charge in [0.2, 0.25) is 0 Å². The van der Waals surface area contributed by atoms with Crippen molar-refractivity contribution in [3.63, 3.8) is 0 Å². The van der Waals surface area contributed by atoms with E-state index >= 15 is 0 Å². The molecule has 1 aromatic heterocycles. The maximum absolute atomic E-state index is 14.1. The summed E-state index contributed by atoms with van der Waals surface area (Å²) >= 11 is 5.79. The van der Waals surface area contributed by atoms with E-state index in [1.54, 1.807) is 25.3 Å². The smallest absolute Gasteiger partial charge is 0.148 e. The van der Waals surface area contributed by atoms with Gasteiger partial charge in [0.25, 0.3) is 0 Å². The molecule has 0 aliphatic carbocycles. The fourth-order valence-electron chi connectivity index (χ4n) is 2.49. The summed E-state index contributed by atoms with van der Waals surface area (Å²) in [4.78, 5) is 8.94. The first kappa shape index (κ1) is 22.3. The second-order valence-corrected chi connectivity index (χ2v) is 7.51. The largest absolute Gasteiger partial charge is 0.495 e. The normalized spacial score (nSPS) is 11.7. The average molecular weight is 446 g/mol. The molecule has 0 spiro atoms. The van der Waals surface area contributed by atoms with E-state index in [2.05, 4.69) is 15.3 Å². The van der Waals surface area contributed by atoms with Gasteiger partial charge in [-0.25, -0.2) is 14.4 Å². The van der Waals surface area contributed by atoms with Crippen LogP contribution in [-0.4, -0.2) is 40.8 Å². The second-order valence-electron chi connectivity index (χ2n) is 5.53. The van der Waals surface area contributed by atoms with Gasteiger partial charge in [0.15, 0.2) is 0 Å². The number of aromatic nitrogens is 2. The summed E-state index contributed by atoms with van der Waals surface area (Å²) in [5.41, 5.74) is 0.787. The van der Waals surface area contributed by atoms with E-state index in [9.17, 15) is 8.60 Å². The van der Waals surface area contributed by atoms with Crippen LogP contribution in [0.4, 0.5) is 15.9 Å². The zero-order chi connectivity index (χ0) is 19.4. The number of methoxy groups -OCH3 is 2. The van der Waals surface area contributed by atoms with Crippen molar-refractivity contribution in [1.29, 1.82) is 0 Å². The van der Waals surface area contributed by atoms with Crippen LogP contribution in [0.5, 0.6) is 5.75 Å². The Labute approximate surface area is 175 Å². The Kier molecular flexibility index (Phi) is 7.94. The van der Waals surface area contributed by atoms with Gasteiger partial charge in [-0.3, -0.25) is 4.21 Å². The fraction of sp³-hybridized carbons (Fsp3) is 0.222. The third kappa shape index (κ3) is 4.88. The predicted octanol–water partition coefficient (Wildman–Crippen LogP) is 4.35. The first-order valence-electron chi connectivity index (χ1n) is 7.95. The van der Waals surface area contributed by atoms with Gasteiger partial charge in [-0.1, -0.05) is 11.6 Å². The van der Waals surface area contributed by atoms with Gasteiger partial charge in [-0.15, -0.1) is 12.4 Å². The van der Waals surface area contributed by atoms with Crippen molar-refractivity contribution in [2.45, 2.75) is 4.90 Å². The molecule has 3 rings (SSSR count).